The minimum absolute atomic E-state index is 0.296. The van der Waals surface area contributed by atoms with Crippen molar-refractivity contribution in [3.05, 3.63) is 45.4 Å². The first-order valence-corrected chi connectivity index (χ1v) is 7.57. The van der Waals surface area contributed by atoms with E-state index >= 15 is 0 Å². The van der Waals surface area contributed by atoms with Gasteiger partial charge in [-0.05, 0) is 47.5 Å². The van der Waals surface area contributed by atoms with Gasteiger partial charge < -0.3 is 5.32 Å². The lowest BCUT2D eigenvalue weighted by Gasteiger charge is -2.10. The molecule has 0 radical (unpaired) electrons. The van der Waals surface area contributed by atoms with Gasteiger partial charge in [-0.3, -0.25) is 4.68 Å². The van der Waals surface area contributed by atoms with Crippen LogP contribution in [-0.4, -0.2) is 9.78 Å². The van der Waals surface area contributed by atoms with Gasteiger partial charge in [-0.1, -0.05) is 6.92 Å². The summed E-state index contributed by atoms with van der Waals surface area (Å²) in [6.45, 7) is 5.37. The molecule has 1 heterocycles. The number of nitrogens with zero attached hydrogens (tertiary/aromatic N) is 3. The molecule has 0 atom stereocenters. The lowest BCUT2D eigenvalue weighted by molar-refractivity contribution is 0.618. The van der Waals surface area contributed by atoms with Crippen molar-refractivity contribution in [3.63, 3.8) is 0 Å². The molecule has 6 heteroatoms. The molecule has 2 rings (SSSR count). The maximum atomic E-state index is 13.1. The van der Waals surface area contributed by atoms with Crippen molar-refractivity contribution in [2.45, 2.75) is 33.4 Å². The molecule has 2 aromatic rings. The van der Waals surface area contributed by atoms with Crippen molar-refractivity contribution in [2.24, 2.45) is 0 Å². The topological polar surface area (TPSA) is 53.6 Å². The lowest BCUT2D eigenvalue weighted by atomic mass is 10.2. The highest BCUT2D eigenvalue weighted by atomic mass is 79.9. The molecule has 1 N–H and O–H groups in total. The van der Waals surface area contributed by atoms with Gasteiger partial charge in [-0.25, -0.2) is 4.39 Å². The molecule has 0 saturated heterocycles. The fourth-order valence-corrected chi connectivity index (χ4v) is 2.83. The van der Waals surface area contributed by atoms with E-state index in [2.05, 4.69) is 33.3 Å². The van der Waals surface area contributed by atoms with Crippen LogP contribution >= 0.6 is 15.9 Å². The van der Waals surface area contributed by atoms with E-state index in [0.717, 1.165) is 28.8 Å². The van der Waals surface area contributed by atoms with E-state index in [1.807, 2.05) is 17.7 Å². The van der Waals surface area contributed by atoms with Crippen LogP contribution in [-0.2, 0) is 19.5 Å². The Bertz CT molecular complexity index is 688. The third-order valence-electron chi connectivity index (χ3n) is 3.24. The van der Waals surface area contributed by atoms with E-state index in [4.69, 9.17) is 5.26 Å². The molecule has 1 aromatic heterocycles. The number of aryl methyl sites for hydroxylation is 2. The Morgan fingerprint density at radius 1 is 1.43 bits per heavy atom. The average molecular weight is 351 g/mol. The van der Waals surface area contributed by atoms with Crippen LogP contribution in [0.3, 0.4) is 0 Å². The number of halogens is 2. The number of rotatable bonds is 5. The van der Waals surface area contributed by atoms with Crippen molar-refractivity contribution in [3.8, 4) is 6.07 Å². The number of anilines is 1. The first-order chi connectivity index (χ1) is 10.1. The molecule has 110 valence electrons. The number of benzene rings is 1. The molecular formula is C15H16BrFN4. The molecule has 4 nitrogen and oxygen atoms in total. The standard InChI is InChI=1S/C15H16BrFN4/c1-3-12-15(16)14(21(4-2)20-12)9-19-13-6-5-11(17)7-10(13)8-18/h5-7,19H,3-4,9H2,1-2H3. The van der Waals surface area contributed by atoms with Gasteiger partial charge in [0.2, 0.25) is 0 Å². The molecule has 0 aliphatic rings. The second kappa shape index (κ2) is 6.72. The smallest absolute Gasteiger partial charge is 0.124 e. The Balaban J connectivity index is 2.25. The van der Waals surface area contributed by atoms with Gasteiger partial charge in [-0.2, -0.15) is 10.4 Å². The van der Waals surface area contributed by atoms with Crippen LogP contribution in [0.4, 0.5) is 10.1 Å². The van der Waals surface area contributed by atoms with Crippen molar-refractivity contribution in [1.29, 1.82) is 5.26 Å². The summed E-state index contributed by atoms with van der Waals surface area (Å²) in [7, 11) is 0. The predicted molar refractivity (Wildman–Crippen MR) is 83.4 cm³/mol. The molecule has 0 bridgehead atoms. The fraction of sp³-hybridized carbons (Fsp3) is 0.333. The van der Waals surface area contributed by atoms with Gasteiger partial charge in [0.1, 0.15) is 11.9 Å². The lowest BCUT2D eigenvalue weighted by Crippen LogP contribution is -2.09. The molecule has 0 saturated carbocycles. The first-order valence-electron chi connectivity index (χ1n) is 6.78. The Morgan fingerprint density at radius 2 is 2.19 bits per heavy atom. The van der Waals surface area contributed by atoms with Crippen LogP contribution < -0.4 is 5.32 Å². The van der Waals surface area contributed by atoms with Gasteiger partial charge in [0.05, 0.1) is 33.7 Å². The molecule has 0 spiro atoms. The molecule has 0 unspecified atom stereocenters. The maximum Gasteiger partial charge on any atom is 0.124 e. The number of nitriles is 1. The van der Waals surface area contributed by atoms with Gasteiger partial charge in [-0.15, -0.1) is 0 Å². The molecule has 1 aromatic carbocycles. The van der Waals surface area contributed by atoms with Crippen molar-refractivity contribution < 1.29 is 4.39 Å². The largest absolute Gasteiger partial charge is 0.378 e. The van der Waals surface area contributed by atoms with Crippen LogP contribution in [0.15, 0.2) is 22.7 Å². The third-order valence-corrected chi connectivity index (χ3v) is 4.16. The van der Waals surface area contributed by atoms with Crippen molar-refractivity contribution in [2.75, 3.05) is 5.32 Å². The summed E-state index contributed by atoms with van der Waals surface area (Å²) in [5, 5.41) is 16.8. The van der Waals surface area contributed by atoms with Crippen LogP contribution in [0.2, 0.25) is 0 Å². The number of hydrogen-bond acceptors (Lipinski definition) is 3. The van der Waals surface area contributed by atoms with Gasteiger partial charge >= 0.3 is 0 Å². The van der Waals surface area contributed by atoms with Crippen molar-refractivity contribution >= 4 is 21.6 Å². The average Bonchev–Trinajstić information content (AvgIpc) is 2.81. The van der Waals surface area contributed by atoms with Gasteiger partial charge in [0, 0.05) is 6.54 Å². The minimum atomic E-state index is -0.412. The maximum absolute atomic E-state index is 13.1. The Labute approximate surface area is 131 Å². The van der Waals surface area contributed by atoms with E-state index in [-0.39, 0.29) is 0 Å². The highest BCUT2D eigenvalue weighted by Gasteiger charge is 2.14. The summed E-state index contributed by atoms with van der Waals surface area (Å²) in [5.74, 6) is -0.412. The Kier molecular flexibility index (Phi) is 4.97. The quantitative estimate of drug-likeness (QED) is 0.890. The molecule has 0 amide bonds. The van der Waals surface area contributed by atoms with E-state index in [1.54, 1.807) is 6.07 Å². The summed E-state index contributed by atoms with van der Waals surface area (Å²) >= 11 is 3.58. The first kappa shape index (κ1) is 15.5. The van der Waals surface area contributed by atoms with Crippen LogP contribution in [0.1, 0.15) is 30.8 Å². The third kappa shape index (κ3) is 3.24. The van der Waals surface area contributed by atoms with Crippen LogP contribution in [0.25, 0.3) is 0 Å². The Hall–Kier alpha value is -1.87. The van der Waals surface area contributed by atoms with E-state index < -0.39 is 5.82 Å². The number of aromatic nitrogens is 2. The summed E-state index contributed by atoms with van der Waals surface area (Å²) in [4.78, 5) is 0. The van der Waals surface area contributed by atoms with Crippen LogP contribution in [0.5, 0.6) is 0 Å². The second-order valence-corrected chi connectivity index (χ2v) is 5.32. The molecule has 0 fully saturated rings. The number of nitrogens with one attached hydrogen (secondary N) is 1. The molecule has 0 aliphatic heterocycles. The van der Waals surface area contributed by atoms with Crippen molar-refractivity contribution in [1.82, 2.24) is 9.78 Å². The SMILES string of the molecule is CCc1nn(CC)c(CNc2ccc(F)cc2C#N)c1Br. The van der Waals surface area contributed by atoms with E-state index in [0.29, 0.717) is 17.8 Å². The normalized spacial score (nSPS) is 10.4. The van der Waals surface area contributed by atoms with Gasteiger partial charge in [0.25, 0.3) is 0 Å². The predicted octanol–water partition coefficient (Wildman–Crippen LogP) is 3.85. The molecule has 21 heavy (non-hydrogen) atoms. The fourth-order valence-electron chi connectivity index (χ4n) is 2.13. The number of hydrogen-bond donors (Lipinski definition) is 1. The van der Waals surface area contributed by atoms with Gasteiger partial charge in [0.15, 0.2) is 0 Å². The Morgan fingerprint density at radius 3 is 2.81 bits per heavy atom. The zero-order valence-corrected chi connectivity index (χ0v) is 13.5. The summed E-state index contributed by atoms with van der Waals surface area (Å²) in [6.07, 6.45) is 0.848. The van der Waals surface area contributed by atoms with E-state index in [1.165, 1.54) is 12.1 Å². The summed E-state index contributed by atoms with van der Waals surface area (Å²) < 4.78 is 16.0. The zero-order valence-electron chi connectivity index (χ0n) is 12.0. The minimum Gasteiger partial charge on any atom is -0.378 e. The molecular weight excluding hydrogens is 335 g/mol. The monoisotopic (exact) mass is 350 g/mol. The van der Waals surface area contributed by atoms with Crippen LogP contribution in [0, 0.1) is 17.1 Å². The summed E-state index contributed by atoms with van der Waals surface area (Å²) in [6, 6.07) is 6.14. The van der Waals surface area contributed by atoms with E-state index in [9.17, 15) is 4.39 Å². The summed E-state index contributed by atoms with van der Waals surface area (Å²) in [5.41, 5.74) is 2.94. The molecule has 0 aliphatic carbocycles. The zero-order chi connectivity index (χ0) is 15.4. The highest BCUT2D eigenvalue weighted by molar-refractivity contribution is 9.10. The highest BCUT2D eigenvalue weighted by Crippen LogP contribution is 2.24. The second-order valence-electron chi connectivity index (χ2n) is 4.53.